The van der Waals surface area contributed by atoms with Crippen molar-refractivity contribution >= 4 is 35.2 Å². The Hall–Kier alpha value is -3.95. The molecule has 0 saturated heterocycles. The lowest BCUT2D eigenvalue weighted by Gasteiger charge is -2.23. The van der Waals surface area contributed by atoms with Crippen molar-refractivity contribution in [1.82, 2.24) is 15.6 Å². The average molecular weight is 553 g/mol. The number of unbranched alkanes of at least 4 members (excludes halogenated alkanes) is 1. The second-order valence-electron chi connectivity index (χ2n) is 8.93. The predicted octanol–water partition coefficient (Wildman–Crippen LogP) is 4.35. The number of nitrogens with one attached hydrogen (secondary N) is 3. The van der Waals surface area contributed by atoms with Crippen LogP contribution in [0.3, 0.4) is 0 Å². The molecule has 2 unspecified atom stereocenters. The quantitative estimate of drug-likeness (QED) is 0.194. The molecule has 0 fully saturated rings. The molecule has 2 aromatic carbocycles. The Morgan fingerprint density at radius 1 is 0.923 bits per heavy atom. The van der Waals surface area contributed by atoms with E-state index in [1.54, 1.807) is 30.5 Å². The fourth-order valence-electron chi connectivity index (χ4n) is 3.81. The molecule has 0 aliphatic heterocycles. The number of carbonyl (C=O) groups excluding carboxylic acids is 2. The maximum Gasteiger partial charge on any atom is 0.305 e. The molecule has 3 aromatic rings. The predicted molar refractivity (Wildman–Crippen MR) is 149 cm³/mol. The molecule has 0 radical (unpaired) electrons. The van der Waals surface area contributed by atoms with Gasteiger partial charge in [0.25, 0.3) is 0 Å². The summed E-state index contributed by atoms with van der Waals surface area (Å²) >= 11 is 5.96. The van der Waals surface area contributed by atoms with Crippen LogP contribution in [0.4, 0.5) is 5.82 Å². The van der Waals surface area contributed by atoms with Crippen molar-refractivity contribution in [3.05, 3.63) is 95.1 Å². The number of halogens is 1. The Labute approximate surface area is 232 Å². The molecular formula is C29H33ClN4O5. The van der Waals surface area contributed by atoms with E-state index in [0.29, 0.717) is 23.6 Å². The van der Waals surface area contributed by atoms with Gasteiger partial charge in [-0.3, -0.25) is 14.4 Å². The van der Waals surface area contributed by atoms with Crippen molar-refractivity contribution in [3.8, 4) is 0 Å². The first-order valence-electron chi connectivity index (χ1n) is 12.7. The van der Waals surface area contributed by atoms with Crippen molar-refractivity contribution in [3.63, 3.8) is 0 Å². The topological polar surface area (TPSA) is 130 Å². The van der Waals surface area contributed by atoms with Gasteiger partial charge < -0.3 is 25.8 Å². The fraction of sp³-hybridized carbons (Fsp3) is 0.310. The van der Waals surface area contributed by atoms with Gasteiger partial charge in [0.05, 0.1) is 25.7 Å². The summed E-state index contributed by atoms with van der Waals surface area (Å²) in [6.45, 7) is 0.843. The minimum atomic E-state index is -1.07. The molecule has 0 aliphatic rings. The van der Waals surface area contributed by atoms with Gasteiger partial charge in [-0.1, -0.05) is 60.1 Å². The zero-order valence-electron chi connectivity index (χ0n) is 21.5. The van der Waals surface area contributed by atoms with Gasteiger partial charge >= 0.3 is 5.97 Å². The highest BCUT2D eigenvalue weighted by Crippen LogP contribution is 2.20. The van der Waals surface area contributed by atoms with Crippen LogP contribution in [0.2, 0.25) is 5.02 Å². The number of rotatable bonds is 16. The minimum absolute atomic E-state index is 0.0753. The molecule has 1 aromatic heterocycles. The van der Waals surface area contributed by atoms with Gasteiger partial charge in [0.1, 0.15) is 11.9 Å². The second-order valence-corrected chi connectivity index (χ2v) is 9.37. The van der Waals surface area contributed by atoms with Crippen LogP contribution < -0.4 is 16.0 Å². The molecule has 1 heterocycles. The van der Waals surface area contributed by atoms with Gasteiger partial charge in [-0.15, -0.1) is 0 Å². The van der Waals surface area contributed by atoms with E-state index >= 15 is 0 Å². The molecule has 39 heavy (non-hydrogen) atoms. The molecule has 0 bridgehead atoms. The van der Waals surface area contributed by atoms with E-state index in [0.717, 1.165) is 17.8 Å². The van der Waals surface area contributed by atoms with Crippen molar-refractivity contribution in [2.45, 2.75) is 44.4 Å². The average Bonchev–Trinajstić information content (AvgIpc) is 2.93. The number of benzene rings is 2. The number of aliphatic carboxylic acids is 1. The minimum Gasteiger partial charge on any atom is -0.481 e. The number of carboxylic acids is 1. The van der Waals surface area contributed by atoms with Gasteiger partial charge in [0.15, 0.2) is 0 Å². The van der Waals surface area contributed by atoms with Gasteiger partial charge in [-0.2, -0.15) is 0 Å². The van der Waals surface area contributed by atoms with Crippen LogP contribution in [0.5, 0.6) is 0 Å². The fourth-order valence-corrected chi connectivity index (χ4v) is 3.93. The number of carbonyl (C=O) groups is 3. The summed E-state index contributed by atoms with van der Waals surface area (Å²) in [5, 5.41) is 18.6. The van der Waals surface area contributed by atoms with Crippen LogP contribution in [0.15, 0.2) is 79.0 Å². The first-order valence-corrected chi connectivity index (χ1v) is 13.1. The maximum absolute atomic E-state index is 13.2. The standard InChI is InChI=1S/C29H33ClN4O5/c30-23-14-12-22(13-15-23)24(18-28(36)37)34-29(38)25(20-39-19-21-8-2-1-3-9-21)33-27(35)11-5-7-17-32-26-10-4-6-16-31-26/h1-4,6,8-10,12-16,24-25H,5,7,11,17-20H2,(H,31,32)(H,33,35)(H,34,38)(H,36,37). The zero-order valence-corrected chi connectivity index (χ0v) is 22.3. The molecule has 9 nitrogen and oxygen atoms in total. The van der Waals surface area contributed by atoms with E-state index in [1.807, 2.05) is 48.5 Å². The van der Waals surface area contributed by atoms with Gasteiger partial charge in [0.2, 0.25) is 11.8 Å². The highest BCUT2D eigenvalue weighted by atomic mass is 35.5. The van der Waals surface area contributed by atoms with E-state index in [-0.39, 0.29) is 32.0 Å². The number of carboxylic acid groups (broad SMARTS) is 1. The molecule has 3 rings (SSSR count). The van der Waals surface area contributed by atoms with Crippen LogP contribution in [0, 0.1) is 0 Å². The van der Waals surface area contributed by atoms with Gasteiger partial charge in [0, 0.05) is 24.2 Å². The molecule has 206 valence electrons. The monoisotopic (exact) mass is 552 g/mol. The largest absolute Gasteiger partial charge is 0.481 e. The Morgan fingerprint density at radius 3 is 2.36 bits per heavy atom. The molecule has 2 amide bonds. The molecule has 0 spiro atoms. The maximum atomic E-state index is 13.2. The Morgan fingerprint density at radius 2 is 1.67 bits per heavy atom. The number of amides is 2. The summed E-state index contributed by atoms with van der Waals surface area (Å²) in [7, 11) is 0. The van der Waals surface area contributed by atoms with Crippen LogP contribution in [0.1, 0.15) is 42.9 Å². The van der Waals surface area contributed by atoms with Gasteiger partial charge in [-0.05, 0) is 48.2 Å². The summed E-state index contributed by atoms with van der Waals surface area (Å²) < 4.78 is 5.75. The molecule has 2 atom stereocenters. The number of nitrogens with zero attached hydrogens (tertiary/aromatic N) is 1. The third-order valence-electron chi connectivity index (χ3n) is 5.82. The van der Waals surface area contributed by atoms with Crippen LogP contribution >= 0.6 is 11.6 Å². The number of ether oxygens (including phenoxy) is 1. The molecular weight excluding hydrogens is 520 g/mol. The number of hydrogen-bond donors (Lipinski definition) is 4. The lowest BCUT2D eigenvalue weighted by molar-refractivity contribution is -0.138. The third-order valence-corrected chi connectivity index (χ3v) is 6.07. The number of anilines is 1. The van der Waals surface area contributed by atoms with E-state index < -0.39 is 24.0 Å². The Balaban J connectivity index is 1.57. The van der Waals surface area contributed by atoms with E-state index in [9.17, 15) is 19.5 Å². The lowest BCUT2D eigenvalue weighted by Crippen LogP contribution is -2.50. The number of hydrogen-bond acceptors (Lipinski definition) is 6. The second kappa shape index (κ2) is 16.1. The first kappa shape index (κ1) is 29.6. The summed E-state index contributed by atoms with van der Waals surface area (Å²) in [6, 6.07) is 19.8. The smallest absolute Gasteiger partial charge is 0.305 e. The molecule has 0 saturated carbocycles. The van der Waals surface area contributed by atoms with Gasteiger partial charge in [-0.25, -0.2) is 4.98 Å². The number of aromatic nitrogens is 1. The van der Waals surface area contributed by atoms with Crippen LogP contribution in [0.25, 0.3) is 0 Å². The number of pyridine rings is 1. The normalized spacial score (nSPS) is 12.2. The summed E-state index contributed by atoms with van der Waals surface area (Å²) in [5.74, 6) is -1.13. The Kier molecular flexibility index (Phi) is 12.2. The van der Waals surface area contributed by atoms with E-state index in [2.05, 4.69) is 20.9 Å². The highest BCUT2D eigenvalue weighted by Gasteiger charge is 2.25. The Bertz CT molecular complexity index is 1180. The summed E-state index contributed by atoms with van der Waals surface area (Å²) in [5.41, 5.74) is 1.51. The highest BCUT2D eigenvalue weighted by molar-refractivity contribution is 6.30. The summed E-state index contributed by atoms with van der Waals surface area (Å²) in [6.07, 6.45) is 2.94. The third kappa shape index (κ3) is 11.1. The van der Waals surface area contributed by atoms with E-state index in [1.165, 1.54) is 0 Å². The van der Waals surface area contributed by atoms with Crippen molar-refractivity contribution in [2.24, 2.45) is 0 Å². The van der Waals surface area contributed by atoms with Crippen molar-refractivity contribution < 1.29 is 24.2 Å². The SMILES string of the molecule is O=C(O)CC(NC(=O)C(COCc1ccccc1)NC(=O)CCCCNc1ccccn1)c1ccc(Cl)cc1. The van der Waals surface area contributed by atoms with Crippen LogP contribution in [-0.4, -0.2) is 47.1 Å². The molecule has 0 aliphatic carbocycles. The molecule has 10 heteroatoms. The zero-order chi connectivity index (χ0) is 27.9. The van der Waals surface area contributed by atoms with E-state index in [4.69, 9.17) is 16.3 Å². The lowest BCUT2D eigenvalue weighted by atomic mass is 10.0. The first-order chi connectivity index (χ1) is 18.9. The van der Waals surface area contributed by atoms with Crippen molar-refractivity contribution in [2.75, 3.05) is 18.5 Å². The molecule has 4 N–H and O–H groups in total. The summed E-state index contributed by atoms with van der Waals surface area (Å²) in [4.78, 5) is 41.6. The van der Waals surface area contributed by atoms with Crippen LogP contribution in [-0.2, 0) is 25.7 Å². The van der Waals surface area contributed by atoms with Crippen molar-refractivity contribution in [1.29, 1.82) is 0 Å².